The molecule has 0 spiro atoms. The van der Waals surface area contributed by atoms with E-state index in [2.05, 4.69) is 6.58 Å². The molecule has 3 rings (SSSR count). The third-order valence-electron chi connectivity index (χ3n) is 7.45. The molecule has 0 aromatic heterocycles. The standard InChI is InChI=1S/C38H52O7Si/c1-5-32-16-24-37(25-17-32)45-38(39)35-20-18-33(19-21-35)34-22-26-36(27-23-34)41-30-14-12-10-9-11-13-28-40-29-15-31-46(42-6-2,43-7-3)44-8-4/h5,16-27H,1,6-15,28-31H2,2-4H3. The van der Waals surface area contributed by atoms with Crippen molar-refractivity contribution in [2.45, 2.75) is 71.8 Å². The zero-order valence-corrected chi connectivity index (χ0v) is 29.0. The molecule has 0 unspecified atom stereocenters. The summed E-state index contributed by atoms with van der Waals surface area (Å²) in [5.74, 6) is 0.989. The van der Waals surface area contributed by atoms with Gasteiger partial charge in [0.1, 0.15) is 11.5 Å². The Morgan fingerprint density at radius 1 is 0.630 bits per heavy atom. The van der Waals surface area contributed by atoms with Crippen LogP contribution in [-0.2, 0) is 18.0 Å². The highest BCUT2D eigenvalue weighted by atomic mass is 28.4. The minimum Gasteiger partial charge on any atom is -0.494 e. The molecule has 0 aliphatic carbocycles. The summed E-state index contributed by atoms with van der Waals surface area (Å²) in [6.45, 7) is 13.8. The van der Waals surface area contributed by atoms with Crippen LogP contribution in [0.15, 0.2) is 79.4 Å². The molecule has 0 fully saturated rings. The second-order valence-corrected chi connectivity index (χ2v) is 13.7. The maximum atomic E-state index is 12.5. The van der Waals surface area contributed by atoms with Crippen molar-refractivity contribution in [3.05, 3.63) is 90.5 Å². The van der Waals surface area contributed by atoms with Crippen molar-refractivity contribution in [2.75, 3.05) is 39.6 Å². The lowest BCUT2D eigenvalue weighted by atomic mass is 10.0. The first-order chi connectivity index (χ1) is 22.5. The third-order valence-corrected chi connectivity index (χ3v) is 10.6. The van der Waals surface area contributed by atoms with Crippen molar-refractivity contribution in [3.8, 4) is 22.6 Å². The molecule has 3 aromatic carbocycles. The Bertz CT molecular complexity index is 1240. The highest BCUT2D eigenvalue weighted by Crippen LogP contribution is 2.24. The Morgan fingerprint density at radius 3 is 1.70 bits per heavy atom. The molecule has 7 nitrogen and oxygen atoms in total. The van der Waals surface area contributed by atoms with Crippen molar-refractivity contribution in [2.24, 2.45) is 0 Å². The van der Waals surface area contributed by atoms with E-state index < -0.39 is 8.80 Å². The quantitative estimate of drug-likeness (QED) is 0.0415. The number of ether oxygens (including phenoxy) is 3. The summed E-state index contributed by atoms with van der Waals surface area (Å²) in [5, 5.41) is 0. The van der Waals surface area contributed by atoms with Gasteiger partial charge in [0.15, 0.2) is 0 Å². The summed E-state index contributed by atoms with van der Waals surface area (Å²) in [4.78, 5) is 12.5. The molecule has 0 saturated carbocycles. The van der Waals surface area contributed by atoms with Gasteiger partial charge in [-0.1, -0.05) is 74.7 Å². The first kappa shape index (κ1) is 37.2. The van der Waals surface area contributed by atoms with Gasteiger partial charge in [-0.25, -0.2) is 4.79 Å². The summed E-state index contributed by atoms with van der Waals surface area (Å²) in [5.41, 5.74) is 3.56. The van der Waals surface area contributed by atoms with E-state index in [0.717, 1.165) is 67.4 Å². The van der Waals surface area contributed by atoms with Crippen molar-refractivity contribution in [1.29, 1.82) is 0 Å². The van der Waals surface area contributed by atoms with Crippen LogP contribution in [0.2, 0.25) is 6.04 Å². The molecule has 250 valence electrons. The Morgan fingerprint density at radius 2 is 1.13 bits per heavy atom. The van der Waals surface area contributed by atoms with E-state index in [1.807, 2.05) is 69.3 Å². The fourth-order valence-electron chi connectivity index (χ4n) is 5.08. The average Bonchev–Trinajstić information content (AvgIpc) is 3.08. The molecule has 0 aliphatic heterocycles. The maximum absolute atomic E-state index is 12.5. The normalized spacial score (nSPS) is 11.4. The summed E-state index contributed by atoms with van der Waals surface area (Å²) in [6.07, 6.45) is 9.54. The summed E-state index contributed by atoms with van der Waals surface area (Å²) in [7, 11) is -2.55. The molecule has 3 aromatic rings. The number of esters is 1. The summed E-state index contributed by atoms with van der Waals surface area (Å²) < 4.78 is 35.0. The predicted molar refractivity (Wildman–Crippen MR) is 187 cm³/mol. The van der Waals surface area contributed by atoms with Crippen LogP contribution in [0.4, 0.5) is 0 Å². The van der Waals surface area contributed by atoms with Gasteiger partial charge in [-0.3, -0.25) is 0 Å². The second-order valence-electron chi connectivity index (χ2n) is 10.9. The predicted octanol–water partition coefficient (Wildman–Crippen LogP) is 9.39. The fourth-order valence-corrected chi connectivity index (χ4v) is 7.66. The number of hydrogen-bond acceptors (Lipinski definition) is 7. The number of benzene rings is 3. The van der Waals surface area contributed by atoms with Gasteiger partial charge < -0.3 is 27.5 Å². The monoisotopic (exact) mass is 648 g/mol. The number of hydrogen-bond donors (Lipinski definition) is 0. The van der Waals surface area contributed by atoms with Gasteiger partial charge in [0.2, 0.25) is 0 Å². The van der Waals surface area contributed by atoms with Crippen molar-refractivity contribution in [3.63, 3.8) is 0 Å². The van der Waals surface area contributed by atoms with Gasteiger partial charge in [-0.2, -0.15) is 0 Å². The van der Waals surface area contributed by atoms with E-state index in [4.69, 9.17) is 27.5 Å². The topological polar surface area (TPSA) is 72.5 Å². The van der Waals surface area contributed by atoms with Gasteiger partial charge in [-0.15, -0.1) is 0 Å². The van der Waals surface area contributed by atoms with E-state index in [1.54, 1.807) is 30.3 Å². The van der Waals surface area contributed by atoms with E-state index in [1.165, 1.54) is 19.3 Å². The first-order valence-corrected chi connectivity index (χ1v) is 18.7. The Balaban J connectivity index is 1.23. The largest absolute Gasteiger partial charge is 0.501 e. The Kier molecular flexibility index (Phi) is 17.4. The van der Waals surface area contributed by atoms with Gasteiger partial charge in [0, 0.05) is 39.1 Å². The van der Waals surface area contributed by atoms with Gasteiger partial charge in [0.25, 0.3) is 0 Å². The molecule has 0 bridgehead atoms. The average molecular weight is 649 g/mol. The van der Waals surface area contributed by atoms with Crippen LogP contribution >= 0.6 is 0 Å². The molecule has 0 aliphatic rings. The number of unbranched alkanes of at least 4 members (excludes halogenated alkanes) is 5. The lowest BCUT2D eigenvalue weighted by molar-refractivity contribution is 0.0656. The van der Waals surface area contributed by atoms with Crippen LogP contribution in [0.1, 0.15) is 81.6 Å². The van der Waals surface area contributed by atoms with Crippen molar-refractivity contribution >= 4 is 20.8 Å². The molecule has 8 heteroatoms. The van der Waals surface area contributed by atoms with Crippen LogP contribution in [-0.4, -0.2) is 54.4 Å². The third kappa shape index (κ3) is 13.2. The van der Waals surface area contributed by atoms with Crippen LogP contribution in [0.3, 0.4) is 0 Å². The first-order valence-electron chi connectivity index (χ1n) is 16.8. The molecule has 0 radical (unpaired) electrons. The SMILES string of the molecule is C=Cc1ccc(OC(=O)c2ccc(-c3ccc(OCCCCCCCCOCCC[Si](OCC)(OCC)OCC)cc3)cc2)cc1. The lowest BCUT2D eigenvalue weighted by Gasteiger charge is -2.28. The number of carbonyl (C=O) groups is 1. The van der Waals surface area contributed by atoms with E-state index in [-0.39, 0.29) is 5.97 Å². The number of carbonyl (C=O) groups excluding carboxylic acids is 1. The van der Waals surface area contributed by atoms with E-state index in [0.29, 0.717) is 37.7 Å². The van der Waals surface area contributed by atoms with Gasteiger partial charge in [-0.05, 0) is 93.1 Å². The second kappa shape index (κ2) is 21.5. The van der Waals surface area contributed by atoms with Crippen LogP contribution < -0.4 is 9.47 Å². The van der Waals surface area contributed by atoms with E-state index >= 15 is 0 Å². The number of rotatable bonds is 24. The molecule has 0 atom stereocenters. The van der Waals surface area contributed by atoms with Crippen LogP contribution in [0.5, 0.6) is 11.5 Å². The minimum atomic E-state index is -2.55. The van der Waals surface area contributed by atoms with Crippen molar-refractivity contribution < 1.29 is 32.3 Å². The smallest absolute Gasteiger partial charge is 0.494 e. The Labute approximate surface area is 277 Å². The molecular formula is C38H52O7Si. The molecule has 0 heterocycles. The van der Waals surface area contributed by atoms with Crippen LogP contribution in [0.25, 0.3) is 17.2 Å². The Hall–Kier alpha value is -3.27. The summed E-state index contributed by atoms with van der Waals surface area (Å²) in [6, 6.07) is 23.6. The zero-order valence-electron chi connectivity index (χ0n) is 28.0. The molecule has 46 heavy (non-hydrogen) atoms. The van der Waals surface area contributed by atoms with E-state index in [9.17, 15) is 4.79 Å². The molecule has 0 saturated heterocycles. The summed E-state index contributed by atoms with van der Waals surface area (Å²) >= 11 is 0. The fraction of sp³-hybridized carbons (Fsp3) is 0.447. The zero-order chi connectivity index (χ0) is 32.9. The molecule has 0 N–H and O–H groups in total. The van der Waals surface area contributed by atoms with Crippen LogP contribution in [0, 0.1) is 0 Å². The maximum Gasteiger partial charge on any atom is 0.501 e. The van der Waals surface area contributed by atoms with Crippen molar-refractivity contribution in [1.82, 2.24) is 0 Å². The highest BCUT2D eigenvalue weighted by Gasteiger charge is 2.39. The van der Waals surface area contributed by atoms with Gasteiger partial charge >= 0.3 is 14.8 Å². The molecule has 0 amide bonds. The minimum absolute atomic E-state index is 0.385. The highest BCUT2D eigenvalue weighted by molar-refractivity contribution is 6.60. The molecular weight excluding hydrogens is 596 g/mol. The van der Waals surface area contributed by atoms with Gasteiger partial charge in [0.05, 0.1) is 12.2 Å². The lowest BCUT2D eigenvalue weighted by Crippen LogP contribution is -2.46.